The zero-order chi connectivity index (χ0) is 32.0. The third-order valence-corrected chi connectivity index (χ3v) is 8.24. The molecule has 9 heteroatoms. The van der Waals surface area contributed by atoms with Crippen LogP contribution in [0, 0.1) is 5.92 Å². The number of carbonyl (C=O) groups is 3. The average Bonchev–Trinajstić information content (AvgIpc) is 3.07. The van der Waals surface area contributed by atoms with Crippen molar-refractivity contribution in [3.63, 3.8) is 0 Å². The van der Waals surface area contributed by atoms with Gasteiger partial charge in [0.05, 0.1) is 11.6 Å². The maximum absolute atomic E-state index is 13.7. The average molecular weight is 619 g/mol. The van der Waals surface area contributed by atoms with Gasteiger partial charge in [-0.3, -0.25) is 19.4 Å². The number of rotatable bonds is 3. The molecule has 7 rings (SSSR count). The van der Waals surface area contributed by atoms with Crippen LogP contribution in [0.3, 0.4) is 0 Å². The van der Waals surface area contributed by atoms with Gasteiger partial charge in [0.1, 0.15) is 17.6 Å². The molecule has 0 aliphatic carbocycles. The molecule has 0 radical (unpaired) electrons. The van der Waals surface area contributed by atoms with Gasteiger partial charge in [0.25, 0.3) is 17.7 Å². The van der Waals surface area contributed by atoms with E-state index in [0.717, 1.165) is 23.1 Å². The van der Waals surface area contributed by atoms with E-state index in [-0.39, 0.29) is 30.4 Å². The number of nitrogens with zero attached hydrogens (tertiary/aromatic N) is 2. The molecule has 2 N–H and O–H groups in total. The van der Waals surface area contributed by atoms with Gasteiger partial charge < -0.3 is 25.0 Å². The molecule has 0 unspecified atom stereocenters. The Morgan fingerprint density at radius 1 is 0.935 bits per heavy atom. The lowest BCUT2D eigenvalue weighted by Crippen LogP contribution is -2.58. The summed E-state index contributed by atoms with van der Waals surface area (Å²) in [6.45, 7) is 5.34. The summed E-state index contributed by atoms with van der Waals surface area (Å²) in [5.41, 5.74) is 4.63. The summed E-state index contributed by atoms with van der Waals surface area (Å²) < 4.78 is 12.2. The summed E-state index contributed by atoms with van der Waals surface area (Å²) in [7, 11) is 0. The number of aromatic nitrogens is 1. The molecule has 6 bridgehead atoms. The van der Waals surface area contributed by atoms with E-state index in [0.29, 0.717) is 54.6 Å². The Kier molecular flexibility index (Phi) is 9.28. The molecule has 3 aliphatic rings. The Labute approximate surface area is 268 Å². The zero-order valence-corrected chi connectivity index (χ0v) is 26.1. The number of carbonyl (C=O) groups excluding carboxylic acids is 3. The van der Waals surface area contributed by atoms with Crippen molar-refractivity contribution in [1.82, 2.24) is 20.5 Å². The molecule has 0 spiro atoms. The SMILES string of the molecule is CC(C)Cc1ccc(C(=O)N2CC[C@@H]3Oc4ccc(cc4)CNC(=O)COc4cccc(c4)-c4cncc(c4)C(=O)N[C@@H]3C2)cc1. The fourth-order valence-electron chi connectivity index (χ4n) is 5.83. The highest BCUT2D eigenvalue weighted by Crippen LogP contribution is 2.26. The number of ether oxygens (including phenoxy) is 2. The summed E-state index contributed by atoms with van der Waals surface area (Å²) in [6.07, 6.45) is 4.31. The van der Waals surface area contributed by atoms with Crippen LogP contribution in [0.1, 0.15) is 52.1 Å². The first-order valence-electron chi connectivity index (χ1n) is 15.7. The molecule has 1 saturated heterocycles. The fourth-order valence-corrected chi connectivity index (χ4v) is 5.83. The van der Waals surface area contributed by atoms with Crippen LogP contribution < -0.4 is 20.1 Å². The molecule has 46 heavy (non-hydrogen) atoms. The van der Waals surface area contributed by atoms with Crippen LogP contribution in [0.2, 0.25) is 0 Å². The van der Waals surface area contributed by atoms with Crippen LogP contribution in [0.25, 0.3) is 11.1 Å². The zero-order valence-electron chi connectivity index (χ0n) is 26.1. The van der Waals surface area contributed by atoms with E-state index in [1.54, 1.807) is 23.2 Å². The van der Waals surface area contributed by atoms with E-state index < -0.39 is 6.04 Å². The third-order valence-electron chi connectivity index (χ3n) is 8.24. The van der Waals surface area contributed by atoms with Crippen molar-refractivity contribution in [2.75, 3.05) is 19.7 Å². The van der Waals surface area contributed by atoms with Crippen molar-refractivity contribution >= 4 is 17.7 Å². The van der Waals surface area contributed by atoms with Gasteiger partial charge in [0.15, 0.2) is 6.61 Å². The summed E-state index contributed by atoms with van der Waals surface area (Å²) >= 11 is 0. The van der Waals surface area contributed by atoms with E-state index in [2.05, 4.69) is 29.5 Å². The molecule has 4 heterocycles. The Morgan fingerprint density at radius 3 is 2.50 bits per heavy atom. The highest BCUT2D eigenvalue weighted by Gasteiger charge is 2.35. The minimum Gasteiger partial charge on any atom is -0.488 e. The molecule has 2 atom stereocenters. The maximum atomic E-state index is 13.7. The minimum atomic E-state index is -0.477. The highest BCUT2D eigenvalue weighted by molar-refractivity contribution is 5.96. The van der Waals surface area contributed by atoms with Gasteiger partial charge in [-0.05, 0) is 71.5 Å². The van der Waals surface area contributed by atoms with Crippen molar-refractivity contribution in [3.05, 3.63) is 114 Å². The van der Waals surface area contributed by atoms with E-state index >= 15 is 0 Å². The molecular formula is C37H38N4O5. The highest BCUT2D eigenvalue weighted by atomic mass is 16.5. The number of nitrogens with one attached hydrogen (secondary N) is 2. The Balaban J connectivity index is 1.27. The van der Waals surface area contributed by atoms with Crippen molar-refractivity contribution in [3.8, 4) is 22.6 Å². The molecule has 4 aromatic rings. The second-order valence-corrected chi connectivity index (χ2v) is 12.3. The van der Waals surface area contributed by atoms with E-state index in [9.17, 15) is 14.4 Å². The van der Waals surface area contributed by atoms with Crippen LogP contribution >= 0.6 is 0 Å². The summed E-state index contributed by atoms with van der Waals surface area (Å²) in [5.74, 6) is 1.07. The van der Waals surface area contributed by atoms with Gasteiger partial charge in [-0.1, -0.05) is 50.2 Å². The summed E-state index contributed by atoms with van der Waals surface area (Å²) in [6, 6.07) is 23.9. The molecule has 9 nitrogen and oxygen atoms in total. The minimum absolute atomic E-state index is 0.0765. The van der Waals surface area contributed by atoms with Gasteiger partial charge in [-0.25, -0.2) is 0 Å². The lowest BCUT2D eigenvalue weighted by Gasteiger charge is -2.39. The topological polar surface area (TPSA) is 110 Å². The second kappa shape index (κ2) is 13.9. The Bertz CT molecular complexity index is 1700. The molecule has 3 amide bonds. The first-order valence-corrected chi connectivity index (χ1v) is 15.7. The van der Waals surface area contributed by atoms with Crippen LogP contribution in [0.5, 0.6) is 11.5 Å². The van der Waals surface area contributed by atoms with E-state index in [1.807, 2.05) is 66.7 Å². The van der Waals surface area contributed by atoms with Crippen LogP contribution in [-0.2, 0) is 17.8 Å². The van der Waals surface area contributed by atoms with E-state index in [4.69, 9.17) is 9.47 Å². The molecule has 0 saturated carbocycles. The predicted molar refractivity (Wildman–Crippen MR) is 175 cm³/mol. The standard InChI is InChI=1S/C37H38N4O5/c1-24(2)16-25-6-10-27(11-7-25)37(44)41-15-14-34-33(22-41)40-36(43)30-17-29(20-38-21-30)28-4-3-5-32(18-28)45-23-35(42)39-19-26-8-12-31(46-34)13-9-26/h3-13,17-18,20-21,24,33-34H,14-16,19,22-23H2,1-2H3,(H,39,42)(H,40,43)/t33-,34+/m1/s1. The summed E-state index contributed by atoms with van der Waals surface area (Å²) in [4.78, 5) is 45.9. The number of hydrogen-bond donors (Lipinski definition) is 2. The maximum Gasteiger partial charge on any atom is 0.258 e. The van der Waals surface area contributed by atoms with Crippen molar-refractivity contribution in [1.29, 1.82) is 0 Å². The number of fused-ring (bicyclic) bond motifs is 7. The Morgan fingerprint density at radius 2 is 1.72 bits per heavy atom. The van der Waals surface area contributed by atoms with Gasteiger partial charge in [-0.15, -0.1) is 0 Å². The summed E-state index contributed by atoms with van der Waals surface area (Å²) in [5, 5.41) is 6.03. The Hall–Kier alpha value is -5.18. The van der Waals surface area contributed by atoms with Gasteiger partial charge in [0.2, 0.25) is 0 Å². The van der Waals surface area contributed by atoms with Crippen LogP contribution in [0.4, 0.5) is 0 Å². The number of amides is 3. The largest absolute Gasteiger partial charge is 0.488 e. The molecular weight excluding hydrogens is 580 g/mol. The van der Waals surface area contributed by atoms with E-state index in [1.165, 1.54) is 11.8 Å². The molecule has 3 aromatic carbocycles. The second-order valence-electron chi connectivity index (χ2n) is 12.3. The van der Waals surface area contributed by atoms with Gasteiger partial charge in [0, 0.05) is 49.6 Å². The lowest BCUT2D eigenvalue weighted by molar-refractivity contribution is -0.123. The fraction of sp³-hybridized carbons (Fsp3) is 0.297. The van der Waals surface area contributed by atoms with Crippen molar-refractivity contribution in [2.24, 2.45) is 5.92 Å². The van der Waals surface area contributed by atoms with Gasteiger partial charge in [-0.2, -0.15) is 0 Å². The van der Waals surface area contributed by atoms with Crippen LogP contribution in [0.15, 0.2) is 91.3 Å². The number of hydrogen-bond acceptors (Lipinski definition) is 6. The first kappa shape index (κ1) is 30.8. The molecule has 1 aromatic heterocycles. The lowest BCUT2D eigenvalue weighted by atomic mass is 9.98. The smallest absolute Gasteiger partial charge is 0.258 e. The number of benzene rings is 3. The quantitative estimate of drug-likeness (QED) is 0.333. The van der Waals surface area contributed by atoms with Gasteiger partial charge >= 0.3 is 0 Å². The van der Waals surface area contributed by atoms with Crippen molar-refractivity contribution < 1.29 is 23.9 Å². The normalized spacial score (nSPS) is 18.5. The molecule has 1 fully saturated rings. The van der Waals surface area contributed by atoms with Crippen LogP contribution in [-0.4, -0.2) is 59.4 Å². The number of likely N-dealkylation sites (tertiary alicyclic amines) is 1. The number of piperidine rings is 1. The number of pyridine rings is 1. The van der Waals surface area contributed by atoms with Crippen molar-refractivity contribution in [2.45, 2.75) is 45.4 Å². The molecule has 3 aliphatic heterocycles. The monoisotopic (exact) mass is 618 g/mol. The molecule has 236 valence electrons. The third kappa shape index (κ3) is 7.54. The predicted octanol–water partition coefficient (Wildman–Crippen LogP) is 5.05. The first-order chi connectivity index (χ1) is 22.3.